The number of phenols is 1. The second kappa shape index (κ2) is 9.53. The highest BCUT2D eigenvalue weighted by atomic mass is 16.3. The maximum absolute atomic E-state index is 13.2. The van der Waals surface area contributed by atoms with Crippen molar-refractivity contribution in [2.45, 2.75) is 26.6 Å². The number of hydrogen-bond donors (Lipinski definition) is 4. The second-order valence-corrected chi connectivity index (χ2v) is 9.38. The van der Waals surface area contributed by atoms with Gasteiger partial charge >= 0.3 is 5.69 Å². The van der Waals surface area contributed by atoms with Gasteiger partial charge in [-0.2, -0.15) is 0 Å². The number of aryl methyl sites for hydroxylation is 1. The quantitative estimate of drug-likeness (QED) is 0.276. The van der Waals surface area contributed by atoms with Crippen LogP contribution >= 0.6 is 0 Å². The Hall–Kier alpha value is -4.89. The SMILES string of the molecule is Cc1ccc(Cn2c3c([nH]c2=O)-c2ncn(Cc4ccc(CO)cc4)c2N=C(c2ccc(O)cc2)N3)cc1. The van der Waals surface area contributed by atoms with Crippen molar-refractivity contribution < 1.29 is 10.2 Å². The molecule has 3 aromatic carbocycles. The lowest BCUT2D eigenvalue weighted by Crippen LogP contribution is -2.22. The molecule has 4 N–H and O–H groups in total. The van der Waals surface area contributed by atoms with E-state index in [1.54, 1.807) is 35.2 Å². The Morgan fingerprint density at radius 2 is 1.53 bits per heavy atom. The molecule has 0 unspecified atom stereocenters. The number of aliphatic hydroxyl groups excluding tert-OH is 1. The van der Waals surface area contributed by atoms with Crippen LogP contribution in [0.25, 0.3) is 11.4 Å². The third-order valence-corrected chi connectivity index (χ3v) is 6.65. The molecule has 190 valence electrons. The van der Waals surface area contributed by atoms with Crippen LogP contribution in [0, 0.1) is 6.92 Å². The molecule has 5 aromatic rings. The highest BCUT2D eigenvalue weighted by molar-refractivity contribution is 6.12. The molecular weight excluding hydrogens is 480 g/mol. The largest absolute Gasteiger partial charge is 0.508 e. The molecular formula is C29H26N6O3. The van der Waals surface area contributed by atoms with E-state index in [4.69, 9.17) is 4.99 Å². The first-order valence-electron chi connectivity index (χ1n) is 12.3. The number of aromatic nitrogens is 4. The maximum atomic E-state index is 13.2. The van der Waals surface area contributed by atoms with Gasteiger partial charge in [0, 0.05) is 5.56 Å². The molecule has 0 saturated heterocycles. The molecule has 9 nitrogen and oxygen atoms in total. The molecule has 0 amide bonds. The van der Waals surface area contributed by atoms with Crippen LogP contribution in [0.2, 0.25) is 0 Å². The summed E-state index contributed by atoms with van der Waals surface area (Å²) >= 11 is 0. The van der Waals surface area contributed by atoms with Gasteiger partial charge in [0.2, 0.25) is 0 Å². The van der Waals surface area contributed by atoms with Crippen LogP contribution in [-0.4, -0.2) is 35.2 Å². The Bertz CT molecular complexity index is 1690. The molecule has 0 radical (unpaired) electrons. The van der Waals surface area contributed by atoms with E-state index in [2.05, 4.69) is 15.3 Å². The van der Waals surface area contributed by atoms with Crippen molar-refractivity contribution in [1.29, 1.82) is 0 Å². The summed E-state index contributed by atoms with van der Waals surface area (Å²) in [7, 11) is 0. The third-order valence-electron chi connectivity index (χ3n) is 6.65. The summed E-state index contributed by atoms with van der Waals surface area (Å²) in [5.74, 6) is 1.84. The highest BCUT2D eigenvalue weighted by Gasteiger charge is 2.27. The Balaban J connectivity index is 1.47. The number of aromatic amines is 1. The van der Waals surface area contributed by atoms with E-state index in [0.717, 1.165) is 27.8 Å². The number of anilines is 1. The zero-order chi connectivity index (χ0) is 26.2. The van der Waals surface area contributed by atoms with Gasteiger partial charge in [-0.1, -0.05) is 54.1 Å². The van der Waals surface area contributed by atoms with Gasteiger partial charge < -0.3 is 25.1 Å². The van der Waals surface area contributed by atoms with Crippen molar-refractivity contribution in [2.75, 3.05) is 5.32 Å². The molecule has 0 bridgehead atoms. The third kappa shape index (κ3) is 4.39. The predicted octanol–water partition coefficient (Wildman–Crippen LogP) is 4.15. The molecule has 0 fully saturated rings. The number of phenolic OH excluding ortho intramolecular Hbond substituents is 1. The van der Waals surface area contributed by atoms with Crippen molar-refractivity contribution in [3.63, 3.8) is 0 Å². The molecule has 9 heteroatoms. The lowest BCUT2D eigenvalue weighted by Gasteiger charge is -2.13. The molecule has 0 atom stereocenters. The van der Waals surface area contributed by atoms with Crippen LogP contribution < -0.4 is 11.0 Å². The molecule has 3 heterocycles. The van der Waals surface area contributed by atoms with E-state index in [-0.39, 0.29) is 18.0 Å². The van der Waals surface area contributed by atoms with Crippen LogP contribution in [0.1, 0.15) is 27.8 Å². The summed E-state index contributed by atoms with van der Waals surface area (Å²) < 4.78 is 3.58. The number of fused-ring (bicyclic) bond motifs is 3. The van der Waals surface area contributed by atoms with Gasteiger partial charge in [-0.3, -0.25) is 4.57 Å². The summed E-state index contributed by atoms with van der Waals surface area (Å²) in [6, 6.07) is 22.5. The van der Waals surface area contributed by atoms with Crippen LogP contribution in [0.5, 0.6) is 5.75 Å². The van der Waals surface area contributed by atoms with Crippen molar-refractivity contribution in [3.05, 3.63) is 117 Å². The minimum Gasteiger partial charge on any atom is -0.508 e. The summed E-state index contributed by atoms with van der Waals surface area (Å²) in [4.78, 5) is 25.8. The van der Waals surface area contributed by atoms with E-state index < -0.39 is 0 Å². The molecule has 0 aliphatic carbocycles. The lowest BCUT2D eigenvalue weighted by atomic mass is 10.1. The average Bonchev–Trinajstić information content (AvgIpc) is 3.40. The number of hydrogen-bond acceptors (Lipinski definition) is 6. The number of amidine groups is 1. The normalized spacial score (nSPS) is 12.3. The van der Waals surface area contributed by atoms with Gasteiger partial charge in [0.25, 0.3) is 0 Å². The van der Waals surface area contributed by atoms with Crippen LogP contribution in [0.3, 0.4) is 0 Å². The van der Waals surface area contributed by atoms with E-state index in [0.29, 0.717) is 41.9 Å². The number of benzene rings is 3. The molecule has 1 aliphatic heterocycles. The van der Waals surface area contributed by atoms with Crippen molar-refractivity contribution in [3.8, 4) is 17.1 Å². The fourth-order valence-electron chi connectivity index (χ4n) is 4.53. The van der Waals surface area contributed by atoms with E-state index in [9.17, 15) is 15.0 Å². The van der Waals surface area contributed by atoms with Gasteiger partial charge in [-0.05, 0) is 47.9 Å². The first kappa shape index (κ1) is 23.5. The minimum absolute atomic E-state index is 0.0115. The summed E-state index contributed by atoms with van der Waals surface area (Å²) in [5.41, 5.74) is 5.61. The zero-order valence-corrected chi connectivity index (χ0v) is 20.7. The molecule has 6 rings (SSSR count). The van der Waals surface area contributed by atoms with Crippen LogP contribution in [-0.2, 0) is 19.7 Å². The predicted molar refractivity (Wildman–Crippen MR) is 146 cm³/mol. The van der Waals surface area contributed by atoms with Gasteiger partial charge in [0.1, 0.15) is 28.8 Å². The maximum Gasteiger partial charge on any atom is 0.327 e. The zero-order valence-electron chi connectivity index (χ0n) is 20.7. The lowest BCUT2D eigenvalue weighted by molar-refractivity contribution is 0.282. The number of rotatable bonds is 6. The Labute approximate surface area is 218 Å². The Morgan fingerprint density at radius 1 is 0.868 bits per heavy atom. The molecule has 2 aromatic heterocycles. The first-order chi connectivity index (χ1) is 18.5. The molecule has 0 spiro atoms. The van der Waals surface area contributed by atoms with Gasteiger partial charge in [-0.25, -0.2) is 14.8 Å². The molecule has 1 aliphatic rings. The number of nitrogens with one attached hydrogen (secondary N) is 2. The van der Waals surface area contributed by atoms with Crippen molar-refractivity contribution in [2.24, 2.45) is 4.99 Å². The van der Waals surface area contributed by atoms with Crippen molar-refractivity contribution in [1.82, 2.24) is 19.1 Å². The second-order valence-electron chi connectivity index (χ2n) is 9.38. The van der Waals surface area contributed by atoms with Gasteiger partial charge in [-0.15, -0.1) is 0 Å². The van der Waals surface area contributed by atoms with Crippen molar-refractivity contribution >= 4 is 17.5 Å². The Kier molecular flexibility index (Phi) is 5.89. The number of aliphatic imine (C=N–C) groups is 1. The summed E-state index contributed by atoms with van der Waals surface area (Å²) in [6.07, 6.45) is 1.72. The standard InChI is InChI=1S/C29H26N6O3/c1-18-2-4-20(5-3-18)15-35-28-25(31-29(35)38)24-27(32-26(33-28)22-10-12-23(37)13-11-22)34(17-30-24)14-19-6-8-21(16-36)9-7-19/h2-13,17,36-37H,14-16H2,1H3,(H,31,38)(H,32,33). The minimum atomic E-state index is -0.255. The van der Waals surface area contributed by atoms with Gasteiger partial charge in [0.05, 0.1) is 26.0 Å². The number of aliphatic hydroxyl groups is 1. The molecule has 0 saturated carbocycles. The van der Waals surface area contributed by atoms with E-state index >= 15 is 0 Å². The topological polar surface area (TPSA) is 120 Å². The summed E-state index contributed by atoms with van der Waals surface area (Å²) in [6.45, 7) is 2.89. The fraction of sp³-hybridized carbons (Fsp3) is 0.138. The number of nitrogens with zero attached hydrogens (tertiary/aromatic N) is 4. The Morgan fingerprint density at radius 3 is 2.24 bits per heavy atom. The number of aromatic hydroxyl groups is 1. The number of H-pyrrole nitrogens is 1. The van der Waals surface area contributed by atoms with Crippen LogP contribution in [0.4, 0.5) is 11.6 Å². The van der Waals surface area contributed by atoms with Crippen LogP contribution in [0.15, 0.2) is 88.9 Å². The van der Waals surface area contributed by atoms with Gasteiger partial charge in [0.15, 0.2) is 5.82 Å². The molecule has 38 heavy (non-hydrogen) atoms. The van der Waals surface area contributed by atoms with E-state index in [1.165, 1.54) is 0 Å². The summed E-state index contributed by atoms with van der Waals surface area (Å²) in [5, 5.41) is 22.6. The number of imidazole rings is 2. The average molecular weight is 507 g/mol. The highest BCUT2D eigenvalue weighted by Crippen LogP contribution is 2.36. The van der Waals surface area contributed by atoms with E-state index in [1.807, 2.05) is 60.0 Å². The fourth-order valence-corrected chi connectivity index (χ4v) is 4.53. The smallest absolute Gasteiger partial charge is 0.327 e. The monoisotopic (exact) mass is 506 g/mol. The first-order valence-corrected chi connectivity index (χ1v) is 12.3.